The predicted octanol–water partition coefficient (Wildman–Crippen LogP) is 1.32. The minimum atomic E-state index is -0.976. The Morgan fingerprint density at radius 1 is 1.30 bits per heavy atom. The topological polar surface area (TPSA) is 115 Å². The van der Waals surface area contributed by atoms with Crippen molar-refractivity contribution < 1.29 is 24.1 Å². The highest BCUT2D eigenvalue weighted by Crippen LogP contribution is 2.20. The SMILES string of the molecule is CCOc1cc(OCC)nc(N[C@@H](CC(C)C)C(=O)N[C@H]2CCOC2O)n1. The van der Waals surface area contributed by atoms with E-state index in [-0.39, 0.29) is 17.8 Å². The van der Waals surface area contributed by atoms with Crippen molar-refractivity contribution in [1.82, 2.24) is 15.3 Å². The van der Waals surface area contributed by atoms with Gasteiger partial charge in [-0.2, -0.15) is 9.97 Å². The zero-order chi connectivity index (χ0) is 19.8. The van der Waals surface area contributed by atoms with Gasteiger partial charge in [-0.15, -0.1) is 0 Å². The van der Waals surface area contributed by atoms with Crippen molar-refractivity contribution in [3.63, 3.8) is 0 Å². The molecule has 1 aromatic rings. The van der Waals surface area contributed by atoms with Crippen LogP contribution in [0.3, 0.4) is 0 Å². The summed E-state index contributed by atoms with van der Waals surface area (Å²) in [6.07, 6.45) is 0.170. The van der Waals surface area contributed by atoms with Gasteiger partial charge in [0.2, 0.25) is 23.6 Å². The second kappa shape index (κ2) is 10.3. The van der Waals surface area contributed by atoms with E-state index in [2.05, 4.69) is 20.6 Å². The molecular weight excluding hydrogens is 352 g/mol. The number of carbonyl (C=O) groups is 1. The van der Waals surface area contributed by atoms with Crippen molar-refractivity contribution in [2.75, 3.05) is 25.1 Å². The molecule has 9 heteroatoms. The smallest absolute Gasteiger partial charge is 0.242 e. The Kier molecular flexibility index (Phi) is 8.05. The molecule has 0 aliphatic carbocycles. The van der Waals surface area contributed by atoms with Gasteiger partial charge in [-0.3, -0.25) is 4.79 Å². The number of nitrogens with one attached hydrogen (secondary N) is 2. The summed E-state index contributed by atoms with van der Waals surface area (Å²) in [7, 11) is 0. The van der Waals surface area contributed by atoms with Crippen LogP contribution >= 0.6 is 0 Å². The normalized spacial score (nSPS) is 20.4. The minimum Gasteiger partial charge on any atom is -0.478 e. The van der Waals surface area contributed by atoms with E-state index >= 15 is 0 Å². The lowest BCUT2D eigenvalue weighted by atomic mass is 10.0. The maximum Gasteiger partial charge on any atom is 0.242 e. The van der Waals surface area contributed by atoms with E-state index in [1.807, 2.05) is 27.7 Å². The Morgan fingerprint density at radius 3 is 2.41 bits per heavy atom. The average Bonchev–Trinajstić information content (AvgIpc) is 2.99. The van der Waals surface area contributed by atoms with Crippen molar-refractivity contribution in [2.45, 2.75) is 58.9 Å². The van der Waals surface area contributed by atoms with Crippen LogP contribution in [0.5, 0.6) is 11.8 Å². The number of ether oxygens (including phenoxy) is 3. The number of nitrogens with zero attached hydrogens (tertiary/aromatic N) is 2. The number of amides is 1. The first-order valence-electron chi connectivity index (χ1n) is 9.44. The largest absolute Gasteiger partial charge is 0.478 e. The quantitative estimate of drug-likeness (QED) is 0.555. The fraction of sp³-hybridized carbons (Fsp3) is 0.722. The molecule has 1 aromatic heterocycles. The van der Waals surface area contributed by atoms with Gasteiger partial charge >= 0.3 is 0 Å². The molecule has 3 atom stereocenters. The molecule has 152 valence electrons. The number of anilines is 1. The molecule has 1 amide bonds. The van der Waals surface area contributed by atoms with Crippen LogP contribution in [-0.4, -0.2) is 59.2 Å². The lowest BCUT2D eigenvalue weighted by Gasteiger charge is -2.23. The zero-order valence-corrected chi connectivity index (χ0v) is 16.4. The third-order valence-corrected chi connectivity index (χ3v) is 3.98. The summed E-state index contributed by atoms with van der Waals surface area (Å²) in [5.41, 5.74) is 0. The summed E-state index contributed by atoms with van der Waals surface area (Å²) in [5.74, 6) is 1.04. The van der Waals surface area contributed by atoms with Crippen molar-refractivity contribution in [1.29, 1.82) is 0 Å². The minimum absolute atomic E-state index is 0.235. The fourth-order valence-electron chi connectivity index (χ4n) is 2.77. The number of aromatic nitrogens is 2. The van der Waals surface area contributed by atoms with Crippen LogP contribution < -0.4 is 20.1 Å². The van der Waals surface area contributed by atoms with Crippen molar-refractivity contribution in [2.24, 2.45) is 5.92 Å². The number of hydrogen-bond donors (Lipinski definition) is 3. The van der Waals surface area contributed by atoms with Crippen molar-refractivity contribution in [3.8, 4) is 11.8 Å². The maximum atomic E-state index is 12.7. The summed E-state index contributed by atoms with van der Waals surface area (Å²) in [5, 5.41) is 15.7. The second-order valence-electron chi connectivity index (χ2n) is 6.73. The molecule has 1 fully saturated rings. The fourth-order valence-corrected chi connectivity index (χ4v) is 2.77. The zero-order valence-electron chi connectivity index (χ0n) is 16.4. The molecule has 9 nitrogen and oxygen atoms in total. The third-order valence-electron chi connectivity index (χ3n) is 3.98. The molecule has 0 saturated carbocycles. The Hall–Kier alpha value is -2.13. The molecular formula is C18H30N4O5. The Labute approximate surface area is 159 Å². The van der Waals surface area contributed by atoms with E-state index in [1.165, 1.54) is 0 Å². The highest BCUT2D eigenvalue weighted by molar-refractivity contribution is 5.84. The first kappa shape index (κ1) is 21.2. The Bertz CT molecular complexity index is 589. The molecule has 0 radical (unpaired) electrons. The summed E-state index contributed by atoms with van der Waals surface area (Å²) in [6, 6.07) is 0.634. The summed E-state index contributed by atoms with van der Waals surface area (Å²) in [4.78, 5) is 21.4. The molecule has 1 saturated heterocycles. The van der Waals surface area contributed by atoms with Gasteiger partial charge in [0.25, 0.3) is 0 Å². The molecule has 0 bridgehead atoms. The standard InChI is InChI=1S/C18H30N4O5/c1-5-25-14-10-15(26-6-2)22-18(21-14)20-13(9-11(3)4)16(23)19-12-7-8-27-17(12)24/h10-13,17,24H,5-9H2,1-4H3,(H,19,23)(H,20,21,22)/t12-,13-,17?/m0/s1. The number of hydrogen-bond acceptors (Lipinski definition) is 8. The number of carbonyl (C=O) groups excluding carboxylic acids is 1. The maximum absolute atomic E-state index is 12.7. The lowest BCUT2D eigenvalue weighted by Crippen LogP contribution is -2.48. The monoisotopic (exact) mass is 382 g/mol. The molecule has 27 heavy (non-hydrogen) atoms. The van der Waals surface area contributed by atoms with Gasteiger partial charge in [-0.1, -0.05) is 13.8 Å². The highest BCUT2D eigenvalue weighted by atomic mass is 16.6. The summed E-state index contributed by atoms with van der Waals surface area (Å²) < 4.78 is 16.0. The summed E-state index contributed by atoms with van der Waals surface area (Å²) >= 11 is 0. The van der Waals surface area contributed by atoms with Gasteiger partial charge in [0.15, 0.2) is 6.29 Å². The van der Waals surface area contributed by atoms with Gasteiger partial charge in [0.05, 0.1) is 31.9 Å². The molecule has 3 N–H and O–H groups in total. The van der Waals surface area contributed by atoms with Crippen LogP contribution in [-0.2, 0) is 9.53 Å². The number of aliphatic hydroxyl groups is 1. The van der Waals surface area contributed by atoms with Crippen LogP contribution in [0.1, 0.15) is 40.5 Å². The average molecular weight is 382 g/mol. The lowest BCUT2D eigenvalue weighted by molar-refractivity contribution is -0.126. The van der Waals surface area contributed by atoms with Gasteiger partial charge in [0.1, 0.15) is 6.04 Å². The van der Waals surface area contributed by atoms with Crippen LogP contribution in [0.2, 0.25) is 0 Å². The molecule has 0 aromatic carbocycles. The van der Waals surface area contributed by atoms with Crippen molar-refractivity contribution in [3.05, 3.63) is 6.07 Å². The Morgan fingerprint density at radius 2 is 1.93 bits per heavy atom. The number of aliphatic hydroxyl groups excluding tert-OH is 1. The highest BCUT2D eigenvalue weighted by Gasteiger charge is 2.30. The van der Waals surface area contributed by atoms with E-state index in [0.717, 1.165) is 0 Å². The third kappa shape index (κ3) is 6.51. The number of rotatable bonds is 10. The molecule has 1 aliphatic heterocycles. The Balaban J connectivity index is 2.15. The molecule has 1 unspecified atom stereocenters. The predicted molar refractivity (Wildman–Crippen MR) is 99.7 cm³/mol. The van der Waals surface area contributed by atoms with Crippen LogP contribution in [0.25, 0.3) is 0 Å². The van der Waals surface area contributed by atoms with Crippen LogP contribution in [0, 0.1) is 5.92 Å². The summed E-state index contributed by atoms with van der Waals surface area (Å²) in [6.45, 7) is 9.11. The van der Waals surface area contributed by atoms with Crippen LogP contribution in [0.4, 0.5) is 5.95 Å². The van der Waals surface area contributed by atoms with Crippen molar-refractivity contribution >= 4 is 11.9 Å². The van der Waals surface area contributed by atoms with Gasteiger partial charge < -0.3 is 30.0 Å². The first-order valence-corrected chi connectivity index (χ1v) is 9.44. The van der Waals surface area contributed by atoms with Gasteiger partial charge in [0, 0.05) is 0 Å². The van der Waals surface area contributed by atoms with Gasteiger partial charge in [-0.25, -0.2) is 0 Å². The second-order valence-corrected chi connectivity index (χ2v) is 6.73. The van der Waals surface area contributed by atoms with E-state index in [4.69, 9.17) is 14.2 Å². The first-order chi connectivity index (χ1) is 12.9. The van der Waals surface area contributed by atoms with Gasteiger partial charge in [-0.05, 0) is 32.6 Å². The van der Waals surface area contributed by atoms with E-state index in [0.29, 0.717) is 44.4 Å². The van der Waals surface area contributed by atoms with E-state index < -0.39 is 18.4 Å². The molecule has 2 rings (SSSR count). The van der Waals surface area contributed by atoms with E-state index in [9.17, 15) is 9.90 Å². The molecule has 0 spiro atoms. The van der Waals surface area contributed by atoms with Crippen LogP contribution in [0.15, 0.2) is 6.07 Å². The van der Waals surface area contributed by atoms with E-state index in [1.54, 1.807) is 6.07 Å². The molecule has 1 aliphatic rings. The molecule has 2 heterocycles.